The number of amides is 1. The van der Waals surface area contributed by atoms with Gasteiger partial charge in [-0.15, -0.1) is 0 Å². The predicted molar refractivity (Wildman–Crippen MR) is 305 cm³/mol. The van der Waals surface area contributed by atoms with Crippen LogP contribution in [0.3, 0.4) is 0 Å². The van der Waals surface area contributed by atoms with E-state index >= 15 is 0 Å². The van der Waals surface area contributed by atoms with Crippen molar-refractivity contribution in [3.05, 3.63) is 192 Å². The number of nitrogens with zero attached hydrogens (tertiary/aromatic N) is 5. The minimum absolute atomic E-state index is 0.174. The molecule has 0 saturated carbocycles. The van der Waals surface area contributed by atoms with Crippen LogP contribution in [-0.2, 0) is 34.2 Å². The fourth-order valence-corrected chi connectivity index (χ4v) is 9.26. The molecule has 0 bridgehead atoms. The predicted octanol–water partition coefficient (Wildman–Crippen LogP) is 15.2. The lowest BCUT2D eigenvalue weighted by Gasteiger charge is -2.24. The minimum Gasteiger partial charge on any atom is -0.445 e. The third-order valence-electron chi connectivity index (χ3n) is 11.7. The Bertz CT molecular complexity index is 2930. The summed E-state index contributed by atoms with van der Waals surface area (Å²) in [5, 5.41) is 5.64. The molecule has 0 radical (unpaired) electrons. The number of para-hydroxylation sites is 2. The van der Waals surface area contributed by atoms with Crippen LogP contribution >= 0.6 is 0 Å². The maximum atomic E-state index is 12.2. The monoisotopic (exact) mass is 1020 g/mol. The summed E-state index contributed by atoms with van der Waals surface area (Å²) in [6.07, 6.45) is 4.38. The van der Waals surface area contributed by atoms with Gasteiger partial charge in [0.1, 0.15) is 12.4 Å². The van der Waals surface area contributed by atoms with Crippen LogP contribution in [-0.4, -0.2) is 58.2 Å². The topological polar surface area (TPSA) is 132 Å². The highest BCUT2D eigenvalue weighted by Crippen LogP contribution is 2.23. The number of hydrogen-bond donors (Lipinski definition) is 1. The van der Waals surface area contributed by atoms with Crippen molar-refractivity contribution in [2.24, 2.45) is 11.8 Å². The molecule has 8 rings (SSSR count). The molecule has 6 aromatic carbocycles. The molecule has 0 fully saturated rings. The summed E-state index contributed by atoms with van der Waals surface area (Å²) >= 11 is 0. The quantitative estimate of drug-likeness (QED) is 0.101. The van der Waals surface area contributed by atoms with Crippen LogP contribution in [0.1, 0.15) is 135 Å². The maximum absolute atomic E-state index is 12.2. The van der Waals surface area contributed by atoms with Gasteiger partial charge < -0.3 is 18.7 Å². The Kier molecular flexibility index (Phi) is 25.3. The van der Waals surface area contributed by atoms with Gasteiger partial charge in [-0.3, -0.25) is 0 Å². The van der Waals surface area contributed by atoms with E-state index in [4.69, 9.17) is 9.26 Å². The van der Waals surface area contributed by atoms with Gasteiger partial charge in [0.25, 0.3) is 0 Å². The Balaban J connectivity index is 0.000000202. The number of carbonyl (C=O) groups excluding carboxylic acids is 1. The van der Waals surface area contributed by atoms with Crippen molar-refractivity contribution < 1.29 is 22.5 Å². The molecule has 12 heteroatoms. The Labute approximate surface area is 442 Å². The van der Waals surface area contributed by atoms with Gasteiger partial charge in [0.2, 0.25) is 15.9 Å². The number of hydrogen-bond acceptors (Lipinski definition) is 8. The molecule has 0 aliphatic carbocycles. The fraction of sp³-hybridized carbons (Fsp3) is 0.387. The molecular formula is C62H82N6O5S. The van der Waals surface area contributed by atoms with E-state index in [1.54, 1.807) is 17.0 Å². The lowest BCUT2D eigenvalue weighted by molar-refractivity contribution is 0.0881. The summed E-state index contributed by atoms with van der Waals surface area (Å²) < 4.78 is 39.7. The van der Waals surface area contributed by atoms with Gasteiger partial charge in [0, 0.05) is 42.9 Å². The van der Waals surface area contributed by atoms with Gasteiger partial charge >= 0.3 is 6.09 Å². The lowest BCUT2D eigenvalue weighted by atomic mass is 10.0. The smallest absolute Gasteiger partial charge is 0.410 e. The lowest BCUT2D eigenvalue weighted by Crippen LogP contribution is -2.37. The van der Waals surface area contributed by atoms with Crippen LogP contribution in [0.2, 0.25) is 0 Å². The van der Waals surface area contributed by atoms with E-state index < -0.39 is 10.0 Å². The normalized spacial score (nSPS) is 11.1. The number of aromatic nitrogens is 4. The van der Waals surface area contributed by atoms with Crippen molar-refractivity contribution in [1.82, 2.24) is 29.3 Å². The number of fused-ring (bicyclic) bond motifs is 2. The second kappa shape index (κ2) is 31.2. The van der Waals surface area contributed by atoms with Crippen molar-refractivity contribution >= 4 is 37.9 Å². The molecule has 396 valence electrons. The Morgan fingerprint density at radius 1 is 0.676 bits per heavy atom. The molecule has 11 nitrogen and oxygen atoms in total. The van der Waals surface area contributed by atoms with Crippen molar-refractivity contribution in [1.29, 1.82) is 0 Å². The largest absolute Gasteiger partial charge is 0.445 e. The summed E-state index contributed by atoms with van der Waals surface area (Å²) in [4.78, 5) is 22.6. The zero-order valence-electron chi connectivity index (χ0n) is 46.0. The van der Waals surface area contributed by atoms with Gasteiger partial charge in [0.15, 0.2) is 5.82 Å². The second-order valence-corrected chi connectivity index (χ2v) is 21.6. The number of benzene rings is 6. The number of imidazole rings is 1. The average Bonchev–Trinajstić information content (AvgIpc) is 4.00. The number of aryl methyl sites for hydroxylation is 2. The third-order valence-corrected chi connectivity index (χ3v) is 13.2. The van der Waals surface area contributed by atoms with E-state index in [1.807, 2.05) is 133 Å². The van der Waals surface area contributed by atoms with Crippen LogP contribution in [0.4, 0.5) is 4.79 Å². The van der Waals surface area contributed by atoms with E-state index in [1.165, 1.54) is 35.9 Å². The zero-order valence-corrected chi connectivity index (χ0v) is 46.8. The zero-order chi connectivity index (χ0) is 54.0. The highest BCUT2D eigenvalue weighted by molar-refractivity contribution is 7.89. The number of sulfonamides is 1. The van der Waals surface area contributed by atoms with E-state index in [2.05, 4.69) is 120 Å². The van der Waals surface area contributed by atoms with E-state index in [0.29, 0.717) is 42.4 Å². The van der Waals surface area contributed by atoms with Gasteiger partial charge in [-0.25, -0.2) is 22.9 Å². The maximum Gasteiger partial charge on any atom is 0.410 e. The first-order chi connectivity index (χ1) is 35.4. The van der Waals surface area contributed by atoms with Gasteiger partial charge in [0.05, 0.1) is 15.9 Å². The highest BCUT2D eigenvalue weighted by atomic mass is 32.2. The van der Waals surface area contributed by atoms with Crippen LogP contribution in [0, 0.1) is 18.8 Å². The van der Waals surface area contributed by atoms with Crippen LogP contribution < -0.4 is 4.72 Å². The summed E-state index contributed by atoms with van der Waals surface area (Å²) in [7, 11) is -3.43. The van der Waals surface area contributed by atoms with Gasteiger partial charge in [-0.2, -0.15) is 4.98 Å². The highest BCUT2D eigenvalue weighted by Gasteiger charge is 2.18. The number of rotatable bonds is 16. The Hall–Kier alpha value is -6.63. The second-order valence-electron chi connectivity index (χ2n) is 19.9. The van der Waals surface area contributed by atoms with Crippen molar-refractivity contribution in [3.8, 4) is 0 Å². The van der Waals surface area contributed by atoms with E-state index in [0.717, 1.165) is 45.8 Å². The molecule has 1 amide bonds. The minimum atomic E-state index is -3.43. The van der Waals surface area contributed by atoms with Crippen LogP contribution in [0.25, 0.3) is 21.8 Å². The van der Waals surface area contributed by atoms with Crippen LogP contribution in [0.5, 0.6) is 0 Å². The number of carbonyl (C=O) groups is 1. The molecule has 0 spiro atoms. The SMILES string of the molecule is CC(C)CCCc1ccccc1.CC(C)CNS(=O)(=O)c1cccc2ccccc12.CC(C)c1nc(Cc2ccccc2)no1.CCN(C(=O)OCc1ccccc1)C(C)C.Cc1nc2ccccc2n1C(C)C. The molecule has 0 unspecified atom stereocenters. The van der Waals surface area contributed by atoms with Crippen molar-refractivity contribution in [2.75, 3.05) is 13.1 Å². The summed E-state index contributed by atoms with van der Waals surface area (Å²) in [5.41, 5.74) is 6.01. The molecule has 0 atom stereocenters. The van der Waals surface area contributed by atoms with Gasteiger partial charge in [-0.05, 0) is 106 Å². The Morgan fingerprint density at radius 3 is 1.81 bits per heavy atom. The van der Waals surface area contributed by atoms with E-state index in [-0.39, 0.29) is 18.1 Å². The number of nitrogens with one attached hydrogen (secondary N) is 1. The fourth-order valence-electron chi connectivity index (χ4n) is 7.82. The van der Waals surface area contributed by atoms with Gasteiger partial charge in [-0.1, -0.05) is 193 Å². The molecular weight excluding hydrogens is 941 g/mol. The molecule has 2 aromatic heterocycles. The third kappa shape index (κ3) is 20.3. The van der Waals surface area contributed by atoms with Crippen molar-refractivity contribution in [3.63, 3.8) is 0 Å². The molecule has 0 aliphatic heterocycles. The molecule has 8 aromatic rings. The molecule has 0 aliphatic rings. The molecule has 0 saturated heterocycles. The molecule has 2 heterocycles. The standard InChI is InChI=1S/C14H17NO2S.C13H19NO2.C12H14N2O.C12H18.C11H14N2/c1-11(2)10-15-18(16,17)14-9-5-7-12-6-3-4-8-13(12)14;1-4-14(11(2)3)13(15)16-10-12-8-6-5-7-9-12;1-9(2)12-13-11(14-15-12)8-10-6-4-3-5-7-10;1-11(2)7-6-10-12-8-4-3-5-9-12;1-8(2)13-9(3)12-10-6-4-5-7-11(10)13/h3-9,11,15H,10H2,1-2H3;5-9,11H,4,10H2,1-3H3;3-7,9H,8H2,1-2H3;3-5,8-9,11H,6-7,10H2,1-2H3;4-8H,1-3H3. The molecule has 1 N–H and O–H groups in total. The average molecular weight is 1020 g/mol. The first kappa shape index (κ1) is 59.9. The summed E-state index contributed by atoms with van der Waals surface area (Å²) in [6.45, 7) is 26.4. The summed E-state index contributed by atoms with van der Waals surface area (Å²) in [5.74, 6) is 3.98. The summed E-state index contributed by atoms with van der Waals surface area (Å²) in [6, 6.07) is 52.3. The number of ether oxygens (including phenoxy) is 1. The Morgan fingerprint density at radius 2 is 1.24 bits per heavy atom. The molecule has 74 heavy (non-hydrogen) atoms. The van der Waals surface area contributed by atoms with Crippen molar-refractivity contribution in [2.45, 2.75) is 138 Å². The van der Waals surface area contributed by atoms with E-state index in [9.17, 15) is 13.2 Å². The first-order valence-electron chi connectivity index (χ1n) is 26.2. The first-order valence-corrected chi connectivity index (χ1v) is 27.7. The van der Waals surface area contributed by atoms with Crippen LogP contribution in [0.15, 0.2) is 167 Å².